The maximum Gasteiger partial charge on any atom is 0.352 e. The summed E-state index contributed by atoms with van der Waals surface area (Å²) in [4.78, 5) is 25.6. The highest BCUT2D eigenvalue weighted by Crippen LogP contribution is 2.42. The van der Waals surface area contributed by atoms with Crippen molar-refractivity contribution in [3.05, 3.63) is 45.7 Å². The Kier molecular flexibility index (Phi) is 2.04. The number of para-hydroxylation sites is 1. The van der Waals surface area contributed by atoms with Crippen molar-refractivity contribution in [2.45, 2.75) is 18.8 Å². The van der Waals surface area contributed by atoms with Gasteiger partial charge in [-0.2, -0.15) is 0 Å². The van der Waals surface area contributed by atoms with Crippen LogP contribution >= 0.6 is 0 Å². The lowest BCUT2D eigenvalue weighted by atomic mass is 10.1. The van der Waals surface area contributed by atoms with Crippen molar-refractivity contribution in [2.75, 3.05) is 0 Å². The van der Waals surface area contributed by atoms with Crippen molar-refractivity contribution in [1.29, 1.82) is 0 Å². The molecule has 3 rings (SSSR count). The Balaban J connectivity index is 2.37. The highest BCUT2D eigenvalue weighted by molar-refractivity contribution is 5.90. The van der Waals surface area contributed by atoms with Gasteiger partial charge in [-0.05, 0) is 30.4 Å². The summed E-state index contributed by atoms with van der Waals surface area (Å²) in [6.07, 6.45) is 2.22. The molecule has 1 aromatic carbocycles. The average molecular weight is 229 g/mol. The van der Waals surface area contributed by atoms with Crippen molar-refractivity contribution in [1.82, 2.24) is 4.98 Å². The molecular weight excluding hydrogens is 218 g/mol. The zero-order chi connectivity index (χ0) is 12.0. The maximum absolute atomic E-state index is 11.8. The number of carbonyl (C=O) groups is 1. The van der Waals surface area contributed by atoms with E-state index < -0.39 is 5.97 Å². The first-order chi connectivity index (χ1) is 8.16. The van der Waals surface area contributed by atoms with Gasteiger partial charge in [-0.25, -0.2) is 4.79 Å². The van der Waals surface area contributed by atoms with Crippen LogP contribution in [0.15, 0.2) is 29.1 Å². The fourth-order valence-electron chi connectivity index (χ4n) is 2.14. The van der Waals surface area contributed by atoms with E-state index in [2.05, 4.69) is 4.98 Å². The van der Waals surface area contributed by atoms with Gasteiger partial charge in [0.05, 0.1) is 5.52 Å². The van der Waals surface area contributed by atoms with Crippen LogP contribution in [0.4, 0.5) is 0 Å². The molecule has 1 aromatic heterocycles. The Morgan fingerprint density at radius 1 is 1.35 bits per heavy atom. The summed E-state index contributed by atoms with van der Waals surface area (Å²) >= 11 is 0. The number of aromatic nitrogens is 1. The number of hydrogen-bond acceptors (Lipinski definition) is 2. The van der Waals surface area contributed by atoms with Crippen LogP contribution in [0.2, 0.25) is 0 Å². The van der Waals surface area contributed by atoms with Gasteiger partial charge < -0.3 is 10.1 Å². The first kappa shape index (κ1) is 10.1. The fourth-order valence-corrected chi connectivity index (χ4v) is 2.14. The molecule has 0 radical (unpaired) electrons. The monoisotopic (exact) mass is 229 g/mol. The Labute approximate surface area is 96.9 Å². The van der Waals surface area contributed by atoms with Crippen LogP contribution in [0, 0.1) is 0 Å². The minimum Gasteiger partial charge on any atom is -0.477 e. The Morgan fingerprint density at radius 3 is 2.76 bits per heavy atom. The second-order valence-electron chi connectivity index (χ2n) is 4.40. The summed E-state index contributed by atoms with van der Waals surface area (Å²) in [5.74, 6) is -0.631. The van der Waals surface area contributed by atoms with Crippen LogP contribution in [0.25, 0.3) is 10.9 Å². The van der Waals surface area contributed by atoms with Gasteiger partial charge in [0.2, 0.25) is 0 Å². The number of benzene rings is 1. The van der Waals surface area contributed by atoms with E-state index in [0.29, 0.717) is 16.8 Å². The molecular formula is C13H11NO3. The van der Waals surface area contributed by atoms with E-state index in [0.717, 1.165) is 24.5 Å². The van der Waals surface area contributed by atoms with Crippen molar-refractivity contribution in [2.24, 2.45) is 0 Å². The van der Waals surface area contributed by atoms with Gasteiger partial charge in [0.15, 0.2) is 5.43 Å². The Hall–Kier alpha value is -2.10. The summed E-state index contributed by atoms with van der Waals surface area (Å²) in [6.45, 7) is 0. The number of hydrogen-bond donors (Lipinski definition) is 2. The van der Waals surface area contributed by atoms with Crippen molar-refractivity contribution in [3.8, 4) is 0 Å². The number of pyridine rings is 1. The molecule has 4 nitrogen and oxygen atoms in total. The van der Waals surface area contributed by atoms with Gasteiger partial charge in [0.25, 0.3) is 0 Å². The second kappa shape index (κ2) is 3.45. The highest BCUT2D eigenvalue weighted by atomic mass is 16.4. The van der Waals surface area contributed by atoms with E-state index in [1.165, 1.54) is 0 Å². The Bertz CT molecular complexity index is 668. The number of carboxylic acids is 1. The van der Waals surface area contributed by atoms with Crippen LogP contribution in [-0.2, 0) is 0 Å². The quantitative estimate of drug-likeness (QED) is 0.828. The number of nitrogens with one attached hydrogen (secondary N) is 1. The number of fused-ring (bicyclic) bond motifs is 1. The molecule has 0 unspecified atom stereocenters. The lowest BCUT2D eigenvalue weighted by Gasteiger charge is -2.06. The van der Waals surface area contributed by atoms with Gasteiger partial charge in [-0.15, -0.1) is 0 Å². The number of rotatable bonds is 2. The summed E-state index contributed by atoms with van der Waals surface area (Å²) in [7, 11) is 0. The van der Waals surface area contributed by atoms with Gasteiger partial charge in [-0.1, -0.05) is 12.1 Å². The van der Waals surface area contributed by atoms with Crippen LogP contribution in [-0.4, -0.2) is 16.1 Å². The van der Waals surface area contributed by atoms with Crippen molar-refractivity contribution >= 4 is 16.9 Å². The van der Waals surface area contributed by atoms with E-state index in [-0.39, 0.29) is 11.1 Å². The molecule has 4 heteroatoms. The van der Waals surface area contributed by atoms with E-state index >= 15 is 0 Å². The van der Waals surface area contributed by atoms with Crippen LogP contribution in [0.3, 0.4) is 0 Å². The topological polar surface area (TPSA) is 70.2 Å². The maximum atomic E-state index is 11.8. The van der Waals surface area contributed by atoms with Gasteiger partial charge in [0, 0.05) is 11.5 Å². The van der Waals surface area contributed by atoms with E-state index in [4.69, 9.17) is 5.11 Å². The lowest BCUT2D eigenvalue weighted by molar-refractivity contribution is 0.0691. The SMILES string of the molecule is O=C(O)c1cc(=O)c2cccc(C3CC3)c2[nH]1. The largest absolute Gasteiger partial charge is 0.477 e. The number of aromatic carboxylic acids is 1. The molecule has 1 aliphatic rings. The predicted octanol–water partition coefficient (Wildman–Crippen LogP) is 2.10. The summed E-state index contributed by atoms with van der Waals surface area (Å²) in [5, 5.41) is 9.51. The lowest BCUT2D eigenvalue weighted by Crippen LogP contribution is -2.10. The van der Waals surface area contributed by atoms with Gasteiger partial charge >= 0.3 is 5.97 Å². The zero-order valence-corrected chi connectivity index (χ0v) is 9.06. The number of aromatic amines is 1. The molecule has 17 heavy (non-hydrogen) atoms. The average Bonchev–Trinajstić information content (AvgIpc) is 3.12. The standard InChI is InChI=1S/C13H11NO3/c15-11-6-10(13(16)17)14-12-8(7-4-5-7)2-1-3-9(11)12/h1-3,6-7H,4-5H2,(H,14,15)(H,16,17). The first-order valence-corrected chi connectivity index (χ1v) is 5.56. The fraction of sp³-hybridized carbons (Fsp3) is 0.231. The molecule has 2 N–H and O–H groups in total. The molecule has 1 fully saturated rings. The molecule has 0 bridgehead atoms. The van der Waals surface area contributed by atoms with Crippen LogP contribution < -0.4 is 5.43 Å². The molecule has 0 amide bonds. The molecule has 1 heterocycles. The summed E-state index contributed by atoms with van der Waals surface area (Å²) in [5.41, 5.74) is 1.46. The molecule has 0 saturated heterocycles. The smallest absolute Gasteiger partial charge is 0.352 e. The summed E-state index contributed by atoms with van der Waals surface area (Å²) < 4.78 is 0. The predicted molar refractivity (Wildman–Crippen MR) is 63.5 cm³/mol. The summed E-state index contributed by atoms with van der Waals surface area (Å²) in [6, 6.07) is 6.68. The molecule has 86 valence electrons. The minimum atomic E-state index is -1.10. The molecule has 0 atom stereocenters. The molecule has 1 saturated carbocycles. The molecule has 0 aliphatic heterocycles. The van der Waals surface area contributed by atoms with Crippen LogP contribution in [0.5, 0.6) is 0 Å². The third-order valence-corrected chi connectivity index (χ3v) is 3.14. The number of H-pyrrole nitrogens is 1. The van der Waals surface area contributed by atoms with Gasteiger partial charge in [-0.3, -0.25) is 4.79 Å². The third kappa shape index (κ3) is 1.62. The van der Waals surface area contributed by atoms with Crippen LogP contribution in [0.1, 0.15) is 34.8 Å². The van der Waals surface area contributed by atoms with E-state index in [9.17, 15) is 9.59 Å². The third-order valence-electron chi connectivity index (χ3n) is 3.14. The van der Waals surface area contributed by atoms with E-state index in [1.54, 1.807) is 6.07 Å². The zero-order valence-electron chi connectivity index (χ0n) is 9.06. The van der Waals surface area contributed by atoms with Gasteiger partial charge in [0.1, 0.15) is 5.69 Å². The van der Waals surface area contributed by atoms with Crippen molar-refractivity contribution < 1.29 is 9.90 Å². The molecule has 1 aliphatic carbocycles. The van der Waals surface area contributed by atoms with Crippen molar-refractivity contribution in [3.63, 3.8) is 0 Å². The minimum absolute atomic E-state index is 0.0457. The first-order valence-electron chi connectivity index (χ1n) is 5.56. The Morgan fingerprint density at radius 2 is 2.12 bits per heavy atom. The van der Waals surface area contributed by atoms with E-state index in [1.807, 2.05) is 12.1 Å². The second-order valence-corrected chi connectivity index (χ2v) is 4.40. The normalized spacial score (nSPS) is 15.1. The molecule has 0 spiro atoms. The highest BCUT2D eigenvalue weighted by Gasteiger charge is 2.26. The molecule has 2 aromatic rings. The number of carboxylic acid groups (broad SMARTS) is 1.